The highest BCUT2D eigenvalue weighted by Gasteiger charge is 2.37. The summed E-state index contributed by atoms with van der Waals surface area (Å²) >= 11 is 0. The lowest BCUT2D eigenvalue weighted by Crippen LogP contribution is -2.29. The third kappa shape index (κ3) is 3.34. The first kappa shape index (κ1) is 13.1. The quantitative estimate of drug-likeness (QED) is 0.804. The van der Waals surface area contributed by atoms with E-state index >= 15 is 0 Å². The first-order valence-corrected chi connectivity index (χ1v) is 6.11. The summed E-state index contributed by atoms with van der Waals surface area (Å²) < 4.78 is 38.6. The van der Waals surface area contributed by atoms with Gasteiger partial charge >= 0.3 is 0 Å². The first-order valence-electron chi connectivity index (χ1n) is 6.11. The summed E-state index contributed by atoms with van der Waals surface area (Å²) in [5, 5.41) is 0. The number of hydrogen-bond acceptors (Lipinski definition) is 1. The summed E-state index contributed by atoms with van der Waals surface area (Å²) in [5.41, 5.74) is 0.735. The lowest BCUT2D eigenvalue weighted by atomic mass is 9.82. The number of rotatable bonds is 3. The van der Waals surface area contributed by atoms with Crippen molar-refractivity contribution in [1.82, 2.24) is 0 Å². The van der Waals surface area contributed by atoms with E-state index in [1.165, 1.54) is 12.1 Å². The van der Waals surface area contributed by atoms with Crippen molar-refractivity contribution in [3.05, 3.63) is 35.6 Å². The summed E-state index contributed by atoms with van der Waals surface area (Å²) in [6.07, 6.45) is 0.316. The molecule has 0 spiro atoms. The van der Waals surface area contributed by atoms with Crippen LogP contribution in [0, 0.1) is 11.7 Å². The molecule has 0 unspecified atom stereocenters. The second-order valence-electron chi connectivity index (χ2n) is 4.90. The van der Waals surface area contributed by atoms with Crippen molar-refractivity contribution in [3.63, 3.8) is 0 Å². The second kappa shape index (κ2) is 5.12. The van der Waals surface area contributed by atoms with Crippen LogP contribution in [0.3, 0.4) is 0 Å². The van der Waals surface area contributed by atoms with Gasteiger partial charge in [-0.15, -0.1) is 0 Å². The van der Waals surface area contributed by atoms with E-state index in [2.05, 4.69) is 0 Å². The van der Waals surface area contributed by atoms with E-state index in [9.17, 15) is 18.0 Å². The number of carbonyl (C=O) groups excluding carboxylic acids is 1. The lowest BCUT2D eigenvalue weighted by Gasteiger charge is -2.27. The molecule has 2 rings (SSSR count). The molecule has 1 aliphatic carbocycles. The highest BCUT2D eigenvalue weighted by atomic mass is 19.3. The zero-order chi connectivity index (χ0) is 13.2. The molecular weight excluding hydrogens is 241 g/mol. The zero-order valence-corrected chi connectivity index (χ0v) is 9.96. The van der Waals surface area contributed by atoms with Crippen molar-refractivity contribution in [2.24, 2.45) is 5.92 Å². The molecule has 1 aromatic carbocycles. The maximum atomic E-state index is 13.0. The molecule has 4 heteroatoms. The fourth-order valence-electron chi connectivity index (χ4n) is 2.31. The number of carbonyl (C=O) groups is 1. The summed E-state index contributed by atoms with van der Waals surface area (Å²) in [4.78, 5) is 11.9. The molecule has 1 aliphatic rings. The van der Waals surface area contributed by atoms with Gasteiger partial charge in [-0.05, 0) is 30.5 Å². The summed E-state index contributed by atoms with van der Waals surface area (Å²) in [7, 11) is 0. The molecule has 0 amide bonds. The van der Waals surface area contributed by atoms with Gasteiger partial charge in [0.1, 0.15) is 11.6 Å². The average molecular weight is 256 g/mol. The molecule has 18 heavy (non-hydrogen) atoms. The Bertz CT molecular complexity index is 415. The highest BCUT2D eigenvalue weighted by Crippen LogP contribution is 2.36. The predicted molar refractivity (Wildman–Crippen MR) is 62.0 cm³/mol. The maximum absolute atomic E-state index is 13.0. The van der Waals surface area contributed by atoms with Crippen LogP contribution in [0.15, 0.2) is 24.3 Å². The van der Waals surface area contributed by atoms with Crippen LogP contribution in [-0.4, -0.2) is 11.7 Å². The molecule has 1 nitrogen and oxygen atoms in total. The minimum atomic E-state index is -2.60. The Labute approximate surface area is 104 Å². The molecule has 0 radical (unpaired) electrons. The van der Waals surface area contributed by atoms with Gasteiger partial charge in [0.25, 0.3) is 0 Å². The van der Waals surface area contributed by atoms with E-state index in [4.69, 9.17) is 0 Å². The van der Waals surface area contributed by atoms with Gasteiger partial charge in [-0.1, -0.05) is 12.1 Å². The number of ketones is 1. The minimum Gasteiger partial charge on any atom is -0.299 e. The second-order valence-corrected chi connectivity index (χ2v) is 4.90. The van der Waals surface area contributed by atoms with Gasteiger partial charge in [0.05, 0.1) is 0 Å². The molecule has 0 aliphatic heterocycles. The summed E-state index contributed by atoms with van der Waals surface area (Å²) in [5.74, 6) is -3.23. The number of hydrogen-bond donors (Lipinski definition) is 0. The molecule has 0 N–H and O–H groups in total. The Morgan fingerprint density at radius 3 is 2.28 bits per heavy atom. The van der Waals surface area contributed by atoms with E-state index in [1.807, 2.05) is 0 Å². The number of alkyl halides is 2. The fourth-order valence-corrected chi connectivity index (χ4v) is 2.31. The fraction of sp³-hybridized carbons (Fsp3) is 0.500. The van der Waals surface area contributed by atoms with Crippen molar-refractivity contribution in [2.75, 3.05) is 0 Å². The van der Waals surface area contributed by atoms with Gasteiger partial charge in [0, 0.05) is 25.2 Å². The van der Waals surface area contributed by atoms with E-state index in [1.54, 1.807) is 12.1 Å². The molecule has 98 valence electrons. The van der Waals surface area contributed by atoms with Crippen LogP contribution in [0.5, 0.6) is 0 Å². The maximum Gasteiger partial charge on any atom is 0.248 e. The molecule has 0 saturated heterocycles. The minimum absolute atomic E-state index is 0.0166. The molecular formula is C14H15F3O. The van der Waals surface area contributed by atoms with Gasteiger partial charge in [-0.2, -0.15) is 0 Å². The van der Waals surface area contributed by atoms with Crippen molar-refractivity contribution in [3.8, 4) is 0 Å². The smallest absolute Gasteiger partial charge is 0.248 e. The van der Waals surface area contributed by atoms with Crippen LogP contribution in [-0.2, 0) is 11.2 Å². The normalized spacial score (nSPS) is 19.7. The molecule has 0 bridgehead atoms. The van der Waals surface area contributed by atoms with Gasteiger partial charge in [-0.3, -0.25) is 4.79 Å². The number of halogens is 3. The summed E-state index contributed by atoms with van der Waals surface area (Å²) in [6, 6.07) is 5.73. The van der Waals surface area contributed by atoms with Crippen molar-refractivity contribution in [1.29, 1.82) is 0 Å². The summed E-state index contributed by atoms with van der Waals surface area (Å²) in [6.45, 7) is 0. The number of Topliss-reactive ketones (excluding diaryl/α,β-unsaturated/α-hetero) is 1. The third-order valence-electron chi connectivity index (χ3n) is 3.46. The van der Waals surface area contributed by atoms with E-state index < -0.39 is 5.92 Å². The lowest BCUT2D eigenvalue weighted by molar-refractivity contribution is -0.126. The van der Waals surface area contributed by atoms with Crippen LogP contribution >= 0.6 is 0 Å². The Morgan fingerprint density at radius 2 is 1.72 bits per heavy atom. The molecule has 0 heterocycles. The zero-order valence-electron chi connectivity index (χ0n) is 9.96. The van der Waals surface area contributed by atoms with Gasteiger partial charge < -0.3 is 0 Å². The SMILES string of the molecule is O=C(Cc1ccc(F)cc1)C1CCC(F)(F)CC1. The Hall–Kier alpha value is -1.32. The van der Waals surface area contributed by atoms with Crippen LogP contribution in [0.25, 0.3) is 0 Å². The van der Waals surface area contributed by atoms with E-state index in [-0.39, 0.29) is 49.6 Å². The van der Waals surface area contributed by atoms with Gasteiger partial charge in [0.15, 0.2) is 0 Å². The van der Waals surface area contributed by atoms with Gasteiger partial charge in [0.2, 0.25) is 5.92 Å². The van der Waals surface area contributed by atoms with E-state index in [0.29, 0.717) is 0 Å². The number of benzene rings is 1. The van der Waals surface area contributed by atoms with Crippen LogP contribution < -0.4 is 0 Å². The Balaban J connectivity index is 1.91. The van der Waals surface area contributed by atoms with Gasteiger partial charge in [-0.25, -0.2) is 13.2 Å². The van der Waals surface area contributed by atoms with Crippen LogP contribution in [0.1, 0.15) is 31.2 Å². The first-order chi connectivity index (χ1) is 8.46. The molecule has 1 saturated carbocycles. The van der Waals surface area contributed by atoms with Crippen LogP contribution in [0.2, 0.25) is 0 Å². The van der Waals surface area contributed by atoms with Crippen molar-refractivity contribution in [2.45, 2.75) is 38.0 Å². The average Bonchev–Trinajstić information content (AvgIpc) is 2.32. The molecule has 0 atom stereocenters. The Morgan fingerprint density at radius 1 is 1.17 bits per heavy atom. The Kier molecular flexibility index (Phi) is 3.73. The molecule has 1 aromatic rings. The van der Waals surface area contributed by atoms with Crippen LogP contribution in [0.4, 0.5) is 13.2 Å². The van der Waals surface area contributed by atoms with Crippen molar-refractivity contribution >= 4 is 5.78 Å². The predicted octanol–water partition coefficient (Wildman–Crippen LogP) is 3.76. The molecule has 1 fully saturated rings. The molecule has 0 aromatic heterocycles. The standard InChI is InChI=1S/C14H15F3O/c15-12-3-1-10(2-4-12)9-13(18)11-5-7-14(16,17)8-6-11/h1-4,11H,5-9H2. The van der Waals surface area contributed by atoms with E-state index in [0.717, 1.165) is 5.56 Å². The third-order valence-corrected chi connectivity index (χ3v) is 3.46. The van der Waals surface area contributed by atoms with Crippen molar-refractivity contribution < 1.29 is 18.0 Å². The topological polar surface area (TPSA) is 17.1 Å². The largest absolute Gasteiger partial charge is 0.299 e. The highest BCUT2D eigenvalue weighted by molar-refractivity contribution is 5.83. The monoisotopic (exact) mass is 256 g/mol.